The average molecular weight is 517 g/mol. The molecule has 3 aromatic rings. The van der Waals surface area contributed by atoms with E-state index >= 15 is 0 Å². The van der Waals surface area contributed by atoms with Gasteiger partial charge in [-0.15, -0.1) is 11.3 Å². The number of thiophene rings is 1. The number of nitrogens with one attached hydrogen (secondary N) is 1. The maximum absolute atomic E-state index is 14.4. The van der Waals surface area contributed by atoms with Gasteiger partial charge in [-0.05, 0) is 48.3 Å². The molecule has 1 spiro atoms. The Labute approximate surface area is 221 Å². The van der Waals surface area contributed by atoms with Gasteiger partial charge in [-0.2, -0.15) is 0 Å². The highest BCUT2D eigenvalue weighted by molar-refractivity contribution is 7.22. The Hall–Kier alpha value is -3.16. The fourth-order valence-electron chi connectivity index (χ4n) is 6.86. The van der Waals surface area contributed by atoms with Crippen LogP contribution in [-0.2, 0) is 14.3 Å². The summed E-state index contributed by atoms with van der Waals surface area (Å²) in [6.45, 7) is 3.87. The Morgan fingerprint density at radius 3 is 2.81 bits per heavy atom. The Morgan fingerprint density at radius 1 is 1.22 bits per heavy atom. The Kier molecular flexibility index (Phi) is 6.08. The van der Waals surface area contributed by atoms with Crippen molar-refractivity contribution in [2.24, 2.45) is 11.8 Å². The molecule has 0 aliphatic carbocycles. The second-order valence-corrected chi connectivity index (χ2v) is 11.5. The van der Waals surface area contributed by atoms with Crippen LogP contribution in [0.1, 0.15) is 36.5 Å². The van der Waals surface area contributed by atoms with Gasteiger partial charge in [0, 0.05) is 40.0 Å². The van der Waals surface area contributed by atoms with Crippen LogP contribution in [0.15, 0.2) is 60.4 Å². The monoisotopic (exact) mass is 516 g/mol. The highest BCUT2D eigenvalue weighted by Gasteiger charge is 2.59. The first-order valence-corrected chi connectivity index (χ1v) is 13.8. The van der Waals surface area contributed by atoms with Crippen LogP contribution in [0, 0.1) is 11.8 Å². The van der Waals surface area contributed by atoms with Crippen molar-refractivity contribution in [3.63, 3.8) is 0 Å². The predicted molar refractivity (Wildman–Crippen MR) is 147 cm³/mol. The predicted octanol–water partition coefficient (Wildman–Crippen LogP) is 5.74. The van der Waals surface area contributed by atoms with Crippen LogP contribution < -0.4 is 5.32 Å². The molecule has 3 aliphatic rings. The maximum Gasteiger partial charge on any atom is 0.337 e. The summed E-state index contributed by atoms with van der Waals surface area (Å²) in [5, 5.41) is 4.91. The van der Waals surface area contributed by atoms with Crippen molar-refractivity contribution in [1.29, 1.82) is 0 Å². The number of Topliss-reactive ketones (excluding diaryl/α,β-unsaturated/α-hetero) is 1. The zero-order valence-corrected chi connectivity index (χ0v) is 22.3. The van der Waals surface area contributed by atoms with Gasteiger partial charge in [-0.1, -0.05) is 43.7 Å². The number of fused-ring (bicyclic) bond motifs is 4. The zero-order chi connectivity index (χ0) is 25.7. The first-order chi connectivity index (χ1) is 18.0. The lowest BCUT2D eigenvalue weighted by molar-refractivity contribution is -0.137. The lowest BCUT2D eigenvalue weighted by Crippen LogP contribution is -2.57. The molecule has 4 atom stereocenters. The standard InChI is InChI=1S/C30H32N2O4S/c1-4-18-16-32-13-12-30(26(32)15-21(18)22(17-35-2)29(34)36-3)28(33)27-20(9-7-10-23(27)31-30)25-14-19-8-5-6-11-24(19)37-25/h5-11,14,17-18,21,26,31H,4,12-13,15-16H2,1-3H3/b22-17+/t18-,21+,26+,30+/m1/s1. The summed E-state index contributed by atoms with van der Waals surface area (Å²) in [7, 11) is 2.97. The van der Waals surface area contributed by atoms with Crippen molar-refractivity contribution >= 4 is 38.9 Å². The number of hydrogen-bond acceptors (Lipinski definition) is 7. The van der Waals surface area contributed by atoms with Gasteiger partial charge in [0.1, 0.15) is 5.54 Å². The van der Waals surface area contributed by atoms with Crippen LogP contribution >= 0.6 is 11.3 Å². The first kappa shape index (κ1) is 24.2. The molecular formula is C30H32N2O4S. The lowest BCUT2D eigenvalue weighted by atomic mass is 9.72. The van der Waals surface area contributed by atoms with Gasteiger partial charge in [-0.25, -0.2) is 4.79 Å². The third-order valence-corrected chi connectivity index (χ3v) is 9.80. The summed E-state index contributed by atoms with van der Waals surface area (Å²) < 4.78 is 11.6. The van der Waals surface area contributed by atoms with Crippen LogP contribution in [0.2, 0.25) is 0 Å². The molecule has 2 fully saturated rings. The summed E-state index contributed by atoms with van der Waals surface area (Å²) in [4.78, 5) is 30.7. The number of esters is 1. The largest absolute Gasteiger partial charge is 0.504 e. The number of carbonyl (C=O) groups excluding carboxylic acids is 2. The molecular weight excluding hydrogens is 484 g/mol. The summed E-state index contributed by atoms with van der Waals surface area (Å²) in [6, 6.07) is 16.7. The third kappa shape index (κ3) is 3.70. The Bertz CT molecular complexity index is 1380. The number of ketones is 1. The van der Waals surface area contributed by atoms with Crippen LogP contribution in [0.4, 0.5) is 5.69 Å². The minimum Gasteiger partial charge on any atom is -0.504 e. The van der Waals surface area contributed by atoms with Gasteiger partial charge in [0.05, 0.1) is 31.6 Å². The quantitative estimate of drug-likeness (QED) is 0.265. The van der Waals surface area contributed by atoms with Crippen molar-refractivity contribution < 1.29 is 19.1 Å². The molecule has 2 saturated heterocycles. The molecule has 1 aromatic heterocycles. The third-order valence-electron chi connectivity index (χ3n) is 8.65. The number of carbonyl (C=O) groups is 2. The number of nitrogens with zero attached hydrogens (tertiary/aromatic N) is 1. The SMILES string of the molecule is CC[C@@H]1CN2CC[C@]3(Nc4cccc(-c5cc6ccccc6s5)c4C3=O)[C@@H]2C[C@@H]1/C(=C\OC)C(=O)OC. The average Bonchev–Trinajstić information content (AvgIpc) is 3.60. The smallest absolute Gasteiger partial charge is 0.337 e. The molecule has 0 bridgehead atoms. The molecule has 4 heterocycles. The zero-order valence-electron chi connectivity index (χ0n) is 21.5. The molecule has 1 N–H and O–H groups in total. The van der Waals surface area contributed by atoms with Gasteiger partial charge in [-0.3, -0.25) is 9.69 Å². The molecule has 3 aliphatic heterocycles. The van der Waals surface area contributed by atoms with Crippen molar-refractivity contribution in [2.45, 2.75) is 37.8 Å². The van der Waals surface area contributed by atoms with E-state index in [9.17, 15) is 9.59 Å². The molecule has 37 heavy (non-hydrogen) atoms. The number of rotatable bonds is 5. The first-order valence-electron chi connectivity index (χ1n) is 13.0. The molecule has 6 nitrogen and oxygen atoms in total. The van der Waals surface area contributed by atoms with E-state index in [0.717, 1.165) is 47.6 Å². The number of piperidine rings is 1. The number of benzene rings is 2. The number of hydrogen-bond donors (Lipinski definition) is 1. The minimum absolute atomic E-state index is 0.0135. The fourth-order valence-corrected chi connectivity index (χ4v) is 7.96. The molecule has 7 heteroatoms. The van der Waals surface area contributed by atoms with Crippen molar-refractivity contribution in [2.75, 3.05) is 32.6 Å². The van der Waals surface area contributed by atoms with Gasteiger partial charge in [0.15, 0.2) is 5.78 Å². The normalized spacial score (nSPS) is 27.3. The summed E-state index contributed by atoms with van der Waals surface area (Å²) in [5.74, 6) is 0.0767. The van der Waals surface area contributed by atoms with Crippen LogP contribution in [0.5, 0.6) is 0 Å². The topological polar surface area (TPSA) is 67.9 Å². The summed E-state index contributed by atoms with van der Waals surface area (Å²) in [6.07, 6.45) is 3.93. The van der Waals surface area contributed by atoms with E-state index in [1.807, 2.05) is 18.2 Å². The van der Waals surface area contributed by atoms with Crippen LogP contribution in [0.3, 0.4) is 0 Å². The van der Waals surface area contributed by atoms with E-state index in [1.165, 1.54) is 23.5 Å². The van der Waals surface area contributed by atoms with Crippen molar-refractivity contribution in [1.82, 2.24) is 4.90 Å². The summed E-state index contributed by atoms with van der Waals surface area (Å²) >= 11 is 1.73. The van der Waals surface area contributed by atoms with Crippen molar-refractivity contribution in [3.05, 3.63) is 65.9 Å². The van der Waals surface area contributed by atoms with E-state index in [2.05, 4.69) is 47.5 Å². The Balaban J connectivity index is 1.38. The van der Waals surface area contributed by atoms with Gasteiger partial charge < -0.3 is 14.8 Å². The van der Waals surface area contributed by atoms with E-state index < -0.39 is 5.54 Å². The Morgan fingerprint density at radius 2 is 2.05 bits per heavy atom. The number of methoxy groups -OCH3 is 2. The summed E-state index contributed by atoms with van der Waals surface area (Å²) in [5.41, 5.74) is 2.58. The van der Waals surface area contributed by atoms with Gasteiger partial charge in [0.25, 0.3) is 0 Å². The molecule has 0 radical (unpaired) electrons. The fraction of sp³-hybridized carbons (Fsp3) is 0.400. The molecule has 2 aromatic carbocycles. The highest BCUT2D eigenvalue weighted by Crippen LogP contribution is 2.51. The highest BCUT2D eigenvalue weighted by atomic mass is 32.1. The molecule has 6 rings (SSSR count). The van der Waals surface area contributed by atoms with Crippen LogP contribution in [-0.4, -0.2) is 55.5 Å². The molecule has 0 unspecified atom stereocenters. The van der Waals surface area contributed by atoms with E-state index in [-0.39, 0.29) is 23.7 Å². The van der Waals surface area contributed by atoms with Crippen LogP contribution in [0.25, 0.3) is 20.5 Å². The van der Waals surface area contributed by atoms with E-state index in [1.54, 1.807) is 18.4 Å². The second-order valence-electron chi connectivity index (χ2n) is 10.4. The minimum atomic E-state index is -0.694. The number of anilines is 1. The lowest BCUT2D eigenvalue weighted by Gasteiger charge is -2.45. The van der Waals surface area contributed by atoms with E-state index in [4.69, 9.17) is 9.47 Å². The van der Waals surface area contributed by atoms with Gasteiger partial charge in [0.2, 0.25) is 0 Å². The molecule has 192 valence electrons. The maximum atomic E-state index is 14.4. The molecule has 0 amide bonds. The number of ether oxygens (including phenoxy) is 2. The van der Waals surface area contributed by atoms with Crippen molar-refractivity contribution in [3.8, 4) is 10.4 Å². The van der Waals surface area contributed by atoms with E-state index in [0.29, 0.717) is 17.9 Å². The van der Waals surface area contributed by atoms with Gasteiger partial charge >= 0.3 is 5.97 Å². The second kappa shape index (κ2) is 9.30. The molecule has 0 saturated carbocycles.